The van der Waals surface area contributed by atoms with Gasteiger partial charge in [0, 0.05) is 12.2 Å². The van der Waals surface area contributed by atoms with E-state index in [4.69, 9.17) is 5.73 Å². The van der Waals surface area contributed by atoms with Crippen LogP contribution in [-0.4, -0.2) is 30.7 Å². The van der Waals surface area contributed by atoms with Crippen molar-refractivity contribution < 1.29 is 13.9 Å². The van der Waals surface area contributed by atoms with Crippen LogP contribution in [0.1, 0.15) is 56.1 Å². The molecule has 0 saturated heterocycles. The highest BCUT2D eigenvalue weighted by Crippen LogP contribution is 2.43. The molecular weight excluding hydrogens is 474 g/mol. The summed E-state index contributed by atoms with van der Waals surface area (Å²) in [6, 6.07) is 7.68. The highest BCUT2D eigenvalue weighted by atomic mass is 19.1. The molecule has 3 heterocycles. The molecule has 2 aliphatic rings. The van der Waals surface area contributed by atoms with Crippen LogP contribution in [0.5, 0.6) is 0 Å². The number of pyridine rings is 1. The van der Waals surface area contributed by atoms with E-state index in [0.717, 1.165) is 30.5 Å². The third kappa shape index (κ3) is 4.28. The monoisotopic (exact) mass is 502 g/mol. The number of rotatable bonds is 5. The summed E-state index contributed by atoms with van der Waals surface area (Å²) in [4.78, 5) is 8.74. The molecule has 0 unspecified atom stereocenters. The fourth-order valence-electron chi connectivity index (χ4n) is 5.51. The van der Waals surface area contributed by atoms with Crippen molar-refractivity contribution in [2.24, 2.45) is 5.73 Å². The lowest BCUT2D eigenvalue weighted by Crippen LogP contribution is -2.33. The normalized spacial score (nSPS) is 20.9. The van der Waals surface area contributed by atoms with Gasteiger partial charge in [0.15, 0.2) is 0 Å². The molecule has 2 atom stereocenters. The molecule has 2 aliphatic carbocycles. The summed E-state index contributed by atoms with van der Waals surface area (Å²) < 4.78 is 31.8. The Morgan fingerprint density at radius 2 is 1.92 bits per heavy atom. The van der Waals surface area contributed by atoms with E-state index in [1.54, 1.807) is 30.7 Å². The second-order valence-corrected chi connectivity index (χ2v) is 10.2. The SMILES string of the molecule is CC1=C[C@H](N)C[C@H](c2ccncc2Nc2ncc3ccc(-c4c(F)cc(C5(O)CCC5)cc4F)nn23)C1. The number of fused-ring (bicyclic) bond motifs is 1. The van der Waals surface area contributed by atoms with Crippen LogP contribution >= 0.6 is 0 Å². The van der Waals surface area contributed by atoms with Crippen molar-refractivity contribution in [2.75, 3.05) is 5.32 Å². The molecule has 1 aromatic carbocycles. The van der Waals surface area contributed by atoms with Crippen LogP contribution in [0.3, 0.4) is 0 Å². The molecule has 0 radical (unpaired) electrons. The zero-order valence-electron chi connectivity index (χ0n) is 20.5. The van der Waals surface area contributed by atoms with Gasteiger partial charge >= 0.3 is 0 Å². The van der Waals surface area contributed by atoms with Crippen LogP contribution in [0.2, 0.25) is 0 Å². The first kappa shape index (κ1) is 23.7. The lowest BCUT2D eigenvalue weighted by Gasteiger charge is -2.37. The Hall–Kier alpha value is -3.69. The highest BCUT2D eigenvalue weighted by molar-refractivity contribution is 5.66. The predicted octanol–water partition coefficient (Wildman–Crippen LogP) is 5.34. The molecule has 1 saturated carbocycles. The molecule has 37 heavy (non-hydrogen) atoms. The van der Waals surface area contributed by atoms with Crippen LogP contribution in [0.25, 0.3) is 16.8 Å². The minimum Gasteiger partial charge on any atom is -0.385 e. The zero-order chi connectivity index (χ0) is 25.7. The number of nitrogens with zero attached hydrogens (tertiary/aromatic N) is 4. The van der Waals surface area contributed by atoms with Gasteiger partial charge in [-0.3, -0.25) is 4.98 Å². The molecule has 4 aromatic rings. The Labute approximate surface area is 213 Å². The summed E-state index contributed by atoms with van der Waals surface area (Å²) in [5, 5.41) is 18.4. The lowest BCUT2D eigenvalue weighted by molar-refractivity contribution is -0.0392. The van der Waals surface area contributed by atoms with Gasteiger partial charge in [-0.05, 0) is 86.4 Å². The van der Waals surface area contributed by atoms with Crippen molar-refractivity contribution in [3.63, 3.8) is 0 Å². The number of aliphatic hydroxyl groups is 1. The van der Waals surface area contributed by atoms with Crippen molar-refractivity contribution >= 4 is 17.2 Å². The third-order valence-corrected chi connectivity index (χ3v) is 7.57. The number of imidazole rings is 1. The fraction of sp³-hybridized carbons (Fsp3) is 0.321. The van der Waals surface area contributed by atoms with Crippen LogP contribution in [0, 0.1) is 11.6 Å². The number of aromatic nitrogens is 4. The molecule has 6 rings (SSSR count). The summed E-state index contributed by atoms with van der Waals surface area (Å²) in [7, 11) is 0. The second-order valence-electron chi connectivity index (χ2n) is 10.2. The predicted molar refractivity (Wildman–Crippen MR) is 137 cm³/mol. The van der Waals surface area contributed by atoms with Gasteiger partial charge in [-0.1, -0.05) is 11.6 Å². The standard InChI is InChI=1S/C28H28F2N6O/c1-16-9-17(11-19(31)10-16)21-5-8-32-15-25(21)34-27-33-14-20-3-4-24(35-36(20)27)26-22(29)12-18(13-23(26)30)28(37)6-2-7-28/h3-5,8,10,12-15,17,19,37H,2,6-7,9,11,31H2,1H3,(H,33,34)/t17-,19+/m1/s1. The van der Waals surface area contributed by atoms with Crippen LogP contribution in [-0.2, 0) is 5.60 Å². The molecule has 0 bridgehead atoms. The summed E-state index contributed by atoms with van der Waals surface area (Å²) >= 11 is 0. The molecule has 1 fully saturated rings. The summed E-state index contributed by atoms with van der Waals surface area (Å²) in [5.41, 5.74) is 9.01. The second kappa shape index (κ2) is 9.00. The number of nitrogens with one attached hydrogen (secondary N) is 1. The van der Waals surface area contributed by atoms with E-state index in [1.807, 2.05) is 6.07 Å². The third-order valence-electron chi connectivity index (χ3n) is 7.57. The largest absolute Gasteiger partial charge is 0.385 e. The van der Waals surface area contributed by atoms with Crippen LogP contribution < -0.4 is 11.1 Å². The lowest BCUT2D eigenvalue weighted by atomic mass is 9.75. The van der Waals surface area contributed by atoms with Gasteiger partial charge in [-0.2, -0.15) is 9.61 Å². The van der Waals surface area contributed by atoms with E-state index in [2.05, 4.69) is 33.4 Å². The molecule has 0 aliphatic heterocycles. The molecule has 190 valence electrons. The number of benzene rings is 1. The van der Waals surface area contributed by atoms with Crippen molar-refractivity contribution in [3.8, 4) is 11.3 Å². The topological polar surface area (TPSA) is 101 Å². The number of hydrogen-bond acceptors (Lipinski definition) is 6. The van der Waals surface area contributed by atoms with Gasteiger partial charge in [0.2, 0.25) is 5.95 Å². The summed E-state index contributed by atoms with van der Waals surface area (Å²) in [6.45, 7) is 2.09. The number of nitrogens with two attached hydrogens (primary N) is 1. The van der Waals surface area contributed by atoms with Crippen molar-refractivity contribution in [1.82, 2.24) is 19.6 Å². The highest BCUT2D eigenvalue weighted by Gasteiger charge is 2.37. The maximum Gasteiger partial charge on any atom is 0.229 e. The van der Waals surface area contributed by atoms with E-state index in [1.165, 1.54) is 22.2 Å². The van der Waals surface area contributed by atoms with Gasteiger partial charge in [0.1, 0.15) is 11.6 Å². The molecule has 0 spiro atoms. The Morgan fingerprint density at radius 1 is 1.14 bits per heavy atom. The first-order valence-corrected chi connectivity index (χ1v) is 12.5. The van der Waals surface area contributed by atoms with Gasteiger partial charge in [0.25, 0.3) is 0 Å². The van der Waals surface area contributed by atoms with E-state index < -0.39 is 17.2 Å². The quantitative estimate of drug-likeness (QED) is 0.319. The first-order valence-electron chi connectivity index (χ1n) is 12.5. The van der Waals surface area contributed by atoms with Gasteiger partial charge in [-0.15, -0.1) is 0 Å². The smallest absolute Gasteiger partial charge is 0.229 e. The summed E-state index contributed by atoms with van der Waals surface area (Å²) in [6.07, 6.45) is 10.8. The van der Waals surface area contributed by atoms with Gasteiger partial charge in [0.05, 0.1) is 40.5 Å². The number of halogens is 2. The summed E-state index contributed by atoms with van der Waals surface area (Å²) in [5.74, 6) is -0.890. The molecular formula is C28H28F2N6O. The molecule has 0 amide bonds. The van der Waals surface area contributed by atoms with E-state index in [-0.39, 0.29) is 28.8 Å². The zero-order valence-corrected chi connectivity index (χ0v) is 20.5. The van der Waals surface area contributed by atoms with Crippen LogP contribution in [0.15, 0.2) is 60.6 Å². The number of allylic oxidation sites excluding steroid dienone is 1. The Kier molecular flexibility index (Phi) is 5.77. The van der Waals surface area contributed by atoms with Crippen molar-refractivity contribution in [2.45, 2.75) is 56.6 Å². The number of anilines is 2. The minimum absolute atomic E-state index is 0.00238. The van der Waals surface area contributed by atoms with Crippen molar-refractivity contribution in [3.05, 3.63) is 83.3 Å². The molecule has 7 nitrogen and oxygen atoms in total. The first-order chi connectivity index (χ1) is 17.8. The Morgan fingerprint density at radius 3 is 2.62 bits per heavy atom. The van der Waals surface area contributed by atoms with E-state index in [0.29, 0.717) is 24.3 Å². The van der Waals surface area contributed by atoms with E-state index in [9.17, 15) is 5.11 Å². The maximum atomic E-state index is 15.1. The van der Waals surface area contributed by atoms with Crippen molar-refractivity contribution in [1.29, 1.82) is 0 Å². The van der Waals surface area contributed by atoms with E-state index >= 15 is 8.78 Å². The maximum absolute atomic E-state index is 15.1. The number of hydrogen-bond donors (Lipinski definition) is 3. The minimum atomic E-state index is -1.16. The fourth-order valence-corrected chi connectivity index (χ4v) is 5.51. The average Bonchev–Trinajstić information content (AvgIpc) is 3.24. The van der Waals surface area contributed by atoms with Gasteiger partial charge < -0.3 is 16.2 Å². The molecule has 4 N–H and O–H groups in total. The Balaban J connectivity index is 1.35. The van der Waals surface area contributed by atoms with Crippen LogP contribution in [0.4, 0.5) is 20.4 Å². The Bertz CT molecular complexity index is 1500. The average molecular weight is 503 g/mol. The molecule has 9 heteroatoms. The van der Waals surface area contributed by atoms with Gasteiger partial charge in [-0.25, -0.2) is 13.8 Å². The molecule has 3 aromatic heterocycles.